The molecule has 0 radical (unpaired) electrons. The van der Waals surface area contributed by atoms with Gasteiger partial charge in [0.1, 0.15) is 0 Å². The van der Waals surface area contributed by atoms with Gasteiger partial charge in [0, 0.05) is 13.1 Å². The molecule has 2 heterocycles. The molecule has 2 aromatic heterocycles. The van der Waals surface area contributed by atoms with Gasteiger partial charge in [0.2, 0.25) is 0 Å². The van der Waals surface area contributed by atoms with Crippen molar-refractivity contribution in [2.24, 2.45) is 7.05 Å². The van der Waals surface area contributed by atoms with E-state index in [1.807, 2.05) is 0 Å². The van der Waals surface area contributed by atoms with Gasteiger partial charge in [-0.25, -0.2) is 4.98 Å². The summed E-state index contributed by atoms with van der Waals surface area (Å²) in [5, 5.41) is 20.2. The summed E-state index contributed by atoms with van der Waals surface area (Å²) in [7, 11) is 1.79. The zero-order valence-electron chi connectivity index (χ0n) is 9.48. The van der Waals surface area contributed by atoms with E-state index in [1.54, 1.807) is 23.9 Å². The molecule has 0 aliphatic carbocycles. The molecule has 18 heavy (non-hydrogen) atoms. The molecule has 0 unspecified atom stereocenters. The summed E-state index contributed by atoms with van der Waals surface area (Å²) in [6.07, 6.45) is 3.01. The maximum Gasteiger partial charge on any atom is 0.363 e. The molecule has 0 saturated heterocycles. The Bertz CT molecular complexity index is 567. The van der Waals surface area contributed by atoms with Crippen molar-refractivity contribution in [1.29, 1.82) is 0 Å². The van der Waals surface area contributed by atoms with Crippen molar-refractivity contribution in [3.05, 3.63) is 40.3 Å². The number of imidazole rings is 1. The summed E-state index contributed by atoms with van der Waals surface area (Å²) < 4.78 is 1.76. The Hall–Kier alpha value is -1.93. The largest absolute Gasteiger partial charge is 0.390 e. The van der Waals surface area contributed by atoms with E-state index >= 15 is 0 Å². The minimum Gasteiger partial charge on any atom is -0.390 e. The maximum absolute atomic E-state index is 10.5. The number of aromatic nitrogens is 3. The Morgan fingerprint density at radius 3 is 2.72 bits per heavy atom. The third kappa shape index (κ3) is 2.49. The van der Waals surface area contributed by atoms with Gasteiger partial charge in [-0.05, 0) is 27.7 Å². The highest BCUT2D eigenvalue weighted by Crippen LogP contribution is 2.26. The average Bonchev–Trinajstić information content (AvgIpc) is 2.71. The van der Waals surface area contributed by atoms with E-state index in [-0.39, 0.29) is 12.4 Å². The summed E-state index contributed by atoms with van der Waals surface area (Å²) in [5.41, 5.74) is 0.701. The summed E-state index contributed by atoms with van der Waals surface area (Å²) in [6, 6.07) is 2.96. The van der Waals surface area contributed by atoms with Crippen molar-refractivity contribution in [2.45, 2.75) is 16.7 Å². The normalized spacial score (nSPS) is 10.6. The smallest absolute Gasteiger partial charge is 0.363 e. The van der Waals surface area contributed by atoms with E-state index in [1.165, 1.54) is 24.0 Å². The van der Waals surface area contributed by atoms with Gasteiger partial charge >= 0.3 is 5.82 Å². The summed E-state index contributed by atoms with van der Waals surface area (Å²) in [4.78, 5) is 18.5. The van der Waals surface area contributed by atoms with E-state index in [4.69, 9.17) is 5.11 Å². The van der Waals surface area contributed by atoms with Gasteiger partial charge in [0.15, 0.2) is 11.4 Å². The average molecular weight is 266 g/mol. The Morgan fingerprint density at radius 1 is 1.44 bits per heavy atom. The number of aliphatic hydroxyl groups excluding tert-OH is 1. The highest BCUT2D eigenvalue weighted by molar-refractivity contribution is 7.99. The zero-order chi connectivity index (χ0) is 13.1. The van der Waals surface area contributed by atoms with Crippen LogP contribution in [0.1, 0.15) is 5.69 Å². The first kappa shape index (κ1) is 12.5. The molecule has 0 aromatic carbocycles. The lowest BCUT2D eigenvalue weighted by Crippen LogP contribution is -1.97. The second kappa shape index (κ2) is 5.15. The molecule has 0 fully saturated rings. The fourth-order valence-corrected chi connectivity index (χ4v) is 2.13. The number of nitrogens with zero attached hydrogens (tertiary/aromatic N) is 4. The van der Waals surface area contributed by atoms with Crippen LogP contribution in [0.4, 0.5) is 5.82 Å². The molecule has 1 N–H and O–H groups in total. The van der Waals surface area contributed by atoms with E-state index in [0.29, 0.717) is 10.9 Å². The van der Waals surface area contributed by atoms with Crippen molar-refractivity contribution >= 4 is 17.6 Å². The second-order valence-corrected chi connectivity index (χ2v) is 4.50. The SMILES string of the molecule is Cn1c(CO)cnc1Sc1ccc([N+](=O)[O-])nc1. The second-order valence-electron chi connectivity index (χ2n) is 3.46. The lowest BCUT2D eigenvalue weighted by molar-refractivity contribution is -0.389. The van der Waals surface area contributed by atoms with Crippen molar-refractivity contribution in [2.75, 3.05) is 0 Å². The van der Waals surface area contributed by atoms with Crippen LogP contribution in [0.2, 0.25) is 0 Å². The van der Waals surface area contributed by atoms with Gasteiger partial charge < -0.3 is 19.8 Å². The molecule has 94 valence electrons. The van der Waals surface area contributed by atoms with Gasteiger partial charge in [-0.2, -0.15) is 0 Å². The Kier molecular flexibility index (Phi) is 3.58. The molecule has 2 aromatic rings. The molecule has 8 heteroatoms. The van der Waals surface area contributed by atoms with Crippen molar-refractivity contribution in [3.8, 4) is 0 Å². The standard InChI is InChI=1S/C10H10N4O3S/c1-13-7(6-15)4-12-10(13)18-8-2-3-9(11-5-8)14(16)17/h2-5,15H,6H2,1H3. The summed E-state index contributed by atoms with van der Waals surface area (Å²) >= 11 is 1.33. The number of hydrogen-bond acceptors (Lipinski definition) is 6. The van der Waals surface area contributed by atoms with Crippen LogP contribution in [0.3, 0.4) is 0 Å². The van der Waals surface area contributed by atoms with Gasteiger partial charge in [-0.3, -0.25) is 0 Å². The number of rotatable bonds is 4. The van der Waals surface area contributed by atoms with Crippen molar-refractivity contribution in [1.82, 2.24) is 14.5 Å². The zero-order valence-corrected chi connectivity index (χ0v) is 10.3. The summed E-state index contributed by atoms with van der Waals surface area (Å²) in [5.74, 6) is -0.185. The van der Waals surface area contributed by atoms with Gasteiger partial charge in [-0.15, -0.1) is 0 Å². The van der Waals surface area contributed by atoms with Crippen molar-refractivity contribution < 1.29 is 10.0 Å². The predicted molar refractivity (Wildman–Crippen MR) is 64.1 cm³/mol. The summed E-state index contributed by atoms with van der Waals surface area (Å²) in [6.45, 7) is -0.0808. The van der Waals surface area contributed by atoms with Gasteiger partial charge in [0.05, 0.1) is 23.4 Å². The molecular weight excluding hydrogens is 256 g/mol. The Balaban J connectivity index is 2.18. The first-order chi connectivity index (χ1) is 8.61. The van der Waals surface area contributed by atoms with Crippen LogP contribution >= 0.6 is 11.8 Å². The molecule has 0 aliphatic heterocycles. The van der Waals surface area contributed by atoms with Crippen LogP contribution in [0, 0.1) is 10.1 Å². The van der Waals surface area contributed by atoms with E-state index in [0.717, 1.165) is 4.90 Å². The minimum atomic E-state index is -0.543. The molecule has 7 nitrogen and oxygen atoms in total. The molecule has 2 rings (SSSR count). The van der Waals surface area contributed by atoms with Gasteiger partial charge in [-0.1, -0.05) is 0 Å². The van der Waals surface area contributed by atoms with E-state index in [9.17, 15) is 10.1 Å². The molecular formula is C10H10N4O3S. The van der Waals surface area contributed by atoms with Crippen LogP contribution < -0.4 is 0 Å². The molecule has 0 atom stereocenters. The molecule has 0 bridgehead atoms. The van der Waals surface area contributed by atoms with E-state index in [2.05, 4.69) is 9.97 Å². The number of hydrogen-bond donors (Lipinski definition) is 1. The number of pyridine rings is 1. The molecule has 0 spiro atoms. The lowest BCUT2D eigenvalue weighted by atomic mass is 10.5. The van der Waals surface area contributed by atoms with Crippen LogP contribution in [0.15, 0.2) is 34.6 Å². The number of aliphatic hydroxyl groups is 1. The first-order valence-electron chi connectivity index (χ1n) is 5.01. The third-order valence-corrected chi connectivity index (χ3v) is 3.36. The fourth-order valence-electron chi connectivity index (χ4n) is 1.31. The lowest BCUT2D eigenvalue weighted by Gasteiger charge is -2.02. The fraction of sp³-hybridized carbons (Fsp3) is 0.200. The Morgan fingerprint density at radius 2 is 2.22 bits per heavy atom. The van der Waals surface area contributed by atoms with Crippen LogP contribution in [0.5, 0.6) is 0 Å². The maximum atomic E-state index is 10.5. The molecule has 0 amide bonds. The highest BCUT2D eigenvalue weighted by atomic mass is 32.2. The predicted octanol–water partition coefficient (Wildman–Crippen LogP) is 1.37. The van der Waals surface area contributed by atoms with Crippen molar-refractivity contribution in [3.63, 3.8) is 0 Å². The molecule has 0 saturated carbocycles. The van der Waals surface area contributed by atoms with Gasteiger partial charge in [0.25, 0.3) is 0 Å². The first-order valence-corrected chi connectivity index (χ1v) is 5.83. The van der Waals surface area contributed by atoms with Crippen LogP contribution in [-0.4, -0.2) is 24.6 Å². The topological polar surface area (TPSA) is 94.1 Å². The number of nitro groups is 1. The molecule has 0 aliphatic rings. The monoisotopic (exact) mass is 266 g/mol. The quantitative estimate of drug-likeness (QED) is 0.663. The van der Waals surface area contributed by atoms with E-state index < -0.39 is 4.92 Å². The van der Waals surface area contributed by atoms with Crippen LogP contribution in [-0.2, 0) is 13.7 Å². The Labute approximate surface area is 107 Å². The van der Waals surface area contributed by atoms with Crippen LogP contribution in [0.25, 0.3) is 0 Å². The highest BCUT2D eigenvalue weighted by Gasteiger charge is 2.11. The minimum absolute atomic E-state index is 0.0808. The third-order valence-electron chi connectivity index (χ3n) is 2.32.